The molecular weight excluding hydrogens is 279 g/mol. The topological polar surface area (TPSA) is 16.1 Å². The average Bonchev–Trinajstić information content (AvgIpc) is 2.84. The van der Waals surface area contributed by atoms with E-state index in [0.29, 0.717) is 15.7 Å². The Hall–Kier alpha value is -0.310. The van der Waals surface area contributed by atoms with Crippen molar-refractivity contribution in [3.63, 3.8) is 0 Å². The van der Waals surface area contributed by atoms with Crippen LogP contribution in [-0.2, 0) is 6.54 Å². The van der Waals surface area contributed by atoms with E-state index in [1.807, 2.05) is 12.1 Å². The van der Waals surface area contributed by atoms with Crippen molar-refractivity contribution in [3.05, 3.63) is 28.0 Å². The highest BCUT2D eigenvalue weighted by atomic mass is 35.5. The molecule has 1 aromatic rings. The van der Waals surface area contributed by atoms with Gasteiger partial charge >= 0.3 is 0 Å². The van der Waals surface area contributed by atoms with Crippen molar-refractivity contribution in [1.29, 1.82) is 0 Å². The predicted molar refractivity (Wildman–Crippen MR) is 79.7 cm³/mol. The zero-order valence-corrected chi connectivity index (χ0v) is 12.7. The van der Waals surface area contributed by atoms with Gasteiger partial charge in [0.25, 0.3) is 0 Å². The van der Waals surface area contributed by atoms with Gasteiger partial charge in [0.2, 0.25) is 0 Å². The van der Waals surface area contributed by atoms with Gasteiger partial charge in [-0.2, -0.15) is 0 Å². The van der Waals surface area contributed by atoms with Crippen LogP contribution < -0.4 is 0 Å². The van der Waals surface area contributed by atoms with Crippen LogP contribution in [0.25, 0.3) is 0 Å². The van der Waals surface area contributed by atoms with E-state index in [-0.39, 0.29) is 0 Å². The van der Waals surface area contributed by atoms with Gasteiger partial charge in [-0.05, 0) is 50.3 Å². The number of hydrogen-bond donors (Lipinski definition) is 0. The molecule has 2 nitrogen and oxygen atoms in total. The number of likely N-dealkylation sites (tertiary alicyclic amines) is 1. The monoisotopic (exact) mass is 298 g/mol. The number of rotatable bonds is 2. The molecule has 1 aliphatic heterocycles. The van der Waals surface area contributed by atoms with E-state index < -0.39 is 0 Å². The van der Waals surface area contributed by atoms with Gasteiger partial charge in [-0.25, -0.2) is 4.98 Å². The Labute approximate surface area is 125 Å². The highest BCUT2D eigenvalue weighted by Crippen LogP contribution is 2.46. The second-order valence-electron chi connectivity index (χ2n) is 6.07. The van der Waals surface area contributed by atoms with Crippen LogP contribution in [0.2, 0.25) is 10.3 Å². The van der Waals surface area contributed by atoms with E-state index in [9.17, 15) is 0 Å². The van der Waals surface area contributed by atoms with Gasteiger partial charge in [0.15, 0.2) is 0 Å². The Morgan fingerprint density at radius 2 is 1.74 bits per heavy atom. The maximum Gasteiger partial charge on any atom is 0.135 e. The van der Waals surface area contributed by atoms with E-state index in [0.717, 1.165) is 12.1 Å². The van der Waals surface area contributed by atoms with Crippen LogP contribution in [0.1, 0.15) is 44.1 Å². The van der Waals surface area contributed by atoms with Crippen molar-refractivity contribution in [3.8, 4) is 0 Å². The predicted octanol–water partition coefficient (Wildman–Crippen LogP) is 4.54. The highest BCUT2D eigenvalue weighted by Gasteiger charge is 2.36. The van der Waals surface area contributed by atoms with Crippen molar-refractivity contribution in [1.82, 2.24) is 9.88 Å². The van der Waals surface area contributed by atoms with Crippen molar-refractivity contribution in [2.24, 2.45) is 5.41 Å². The molecule has 1 saturated carbocycles. The van der Waals surface area contributed by atoms with Gasteiger partial charge < -0.3 is 0 Å². The zero-order chi connectivity index (χ0) is 13.3. The Bertz CT molecular complexity index is 445. The lowest BCUT2D eigenvalue weighted by molar-refractivity contribution is 0.103. The minimum absolute atomic E-state index is 0.470. The van der Waals surface area contributed by atoms with Crippen LogP contribution in [0.4, 0.5) is 0 Å². The first-order valence-electron chi connectivity index (χ1n) is 7.20. The van der Waals surface area contributed by atoms with Gasteiger partial charge in [-0.1, -0.05) is 42.1 Å². The molecule has 3 rings (SSSR count). The average molecular weight is 299 g/mol. The number of halogens is 2. The number of piperidine rings is 1. The third-order valence-corrected chi connectivity index (χ3v) is 5.40. The molecule has 1 spiro atoms. The van der Waals surface area contributed by atoms with E-state index in [1.165, 1.54) is 51.6 Å². The molecule has 0 radical (unpaired) electrons. The molecule has 19 heavy (non-hydrogen) atoms. The fraction of sp³-hybridized carbons (Fsp3) is 0.667. The quantitative estimate of drug-likeness (QED) is 0.745. The molecule has 1 saturated heterocycles. The molecule has 0 bridgehead atoms. The second kappa shape index (κ2) is 5.59. The minimum Gasteiger partial charge on any atom is -0.299 e. The summed E-state index contributed by atoms with van der Waals surface area (Å²) in [7, 11) is 0. The summed E-state index contributed by atoms with van der Waals surface area (Å²) in [6, 6.07) is 3.82. The van der Waals surface area contributed by atoms with Gasteiger partial charge in [-0.3, -0.25) is 4.90 Å². The fourth-order valence-corrected chi connectivity index (χ4v) is 4.01. The standard InChI is InChI=1S/C15H20Cl2N2/c16-13-4-3-12(14(17)18-13)11-19-9-7-15(8-10-19)5-1-2-6-15/h3-4H,1-2,5-11H2. The summed E-state index contributed by atoms with van der Waals surface area (Å²) in [6.45, 7) is 3.29. The maximum atomic E-state index is 6.15. The third-order valence-electron chi connectivity index (χ3n) is 4.87. The smallest absolute Gasteiger partial charge is 0.135 e. The van der Waals surface area contributed by atoms with Crippen molar-refractivity contribution in [2.75, 3.05) is 13.1 Å². The summed E-state index contributed by atoms with van der Waals surface area (Å²) in [5.74, 6) is 0. The number of pyridine rings is 1. The molecule has 0 amide bonds. The van der Waals surface area contributed by atoms with E-state index in [2.05, 4.69) is 9.88 Å². The third kappa shape index (κ3) is 3.07. The number of nitrogens with zero attached hydrogens (tertiary/aromatic N) is 2. The molecule has 0 N–H and O–H groups in total. The Morgan fingerprint density at radius 1 is 1.05 bits per heavy atom. The SMILES string of the molecule is Clc1ccc(CN2CCC3(CCCC3)CC2)c(Cl)n1. The van der Waals surface area contributed by atoms with Gasteiger partial charge in [0.05, 0.1) is 0 Å². The molecule has 1 aromatic heterocycles. The van der Waals surface area contributed by atoms with Crippen LogP contribution in [0, 0.1) is 5.41 Å². The molecule has 2 heterocycles. The van der Waals surface area contributed by atoms with E-state index in [4.69, 9.17) is 23.2 Å². The first kappa shape index (κ1) is 13.7. The Kier molecular flexibility index (Phi) is 4.02. The molecule has 2 fully saturated rings. The molecule has 0 atom stereocenters. The summed E-state index contributed by atoms with van der Waals surface area (Å²) in [5, 5.41) is 1.02. The maximum absolute atomic E-state index is 6.15. The van der Waals surface area contributed by atoms with Crippen LogP contribution in [-0.4, -0.2) is 23.0 Å². The molecule has 2 aliphatic rings. The summed E-state index contributed by atoms with van der Waals surface area (Å²) < 4.78 is 0. The summed E-state index contributed by atoms with van der Waals surface area (Å²) in [5.41, 5.74) is 1.77. The van der Waals surface area contributed by atoms with Crippen LogP contribution >= 0.6 is 23.2 Å². The zero-order valence-electron chi connectivity index (χ0n) is 11.2. The lowest BCUT2D eigenvalue weighted by Gasteiger charge is -2.39. The summed E-state index contributed by atoms with van der Waals surface area (Å²) >= 11 is 12.0. The number of hydrogen-bond acceptors (Lipinski definition) is 2. The van der Waals surface area contributed by atoms with Crippen LogP contribution in [0.5, 0.6) is 0 Å². The van der Waals surface area contributed by atoms with Gasteiger partial charge in [0, 0.05) is 12.1 Å². The van der Waals surface area contributed by atoms with Gasteiger partial charge in [-0.15, -0.1) is 0 Å². The van der Waals surface area contributed by atoms with Gasteiger partial charge in [0.1, 0.15) is 10.3 Å². The van der Waals surface area contributed by atoms with E-state index in [1.54, 1.807) is 0 Å². The Balaban J connectivity index is 1.60. The Morgan fingerprint density at radius 3 is 2.37 bits per heavy atom. The van der Waals surface area contributed by atoms with Crippen molar-refractivity contribution >= 4 is 23.2 Å². The van der Waals surface area contributed by atoms with Crippen LogP contribution in [0.3, 0.4) is 0 Å². The van der Waals surface area contributed by atoms with Crippen LogP contribution in [0.15, 0.2) is 12.1 Å². The van der Waals surface area contributed by atoms with Crippen molar-refractivity contribution in [2.45, 2.75) is 45.1 Å². The molecule has 0 aromatic carbocycles. The minimum atomic E-state index is 0.470. The largest absolute Gasteiger partial charge is 0.299 e. The highest BCUT2D eigenvalue weighted by molar-refractivity contribution is 6.32. The molecule has 1 aliphatic carbocycles. The normalized spacial score (nSPS) is 23.1. The molecule has 104 valence electrons. The van der Waals surface area contributed by atoms with Crippen molar-refractivity contribution < 1.29 is 0 Å². The molecular formula is C15H20Cl2N2. The number of aromatic nitrogens is 1. The lowest BCUT2D eigenvalue weighted by atomic mass is 9.77. The van der Waals surface area contributed by atoms with E-state index >= 15 is 0 Å². The first-order valence-corrected chi connectivity index (χ1v) is 7.96. The first-order chi connectivity index (χ1) is 9.17. The second-order valence-corrected chi connectivity index (χ2v) is 6.81. The summed E-state index contributed by atoms with van der Waals surface area (Å²) in [4.78, 5) is 6.61. The summed E-state index contributed by atoms with van der Waals surface area (Å²) in [6.07, 6.45) is 8.48. The fourth-order valence-electron chi connectivity index (χ4n) is 3.61. The molecule has 4 heteroatoms. The lowest BCUT2D eigenvalue weighted by Crippen LogP contribution is -2.38. The molecule has 0 unspecified atom stereocenters.